The van der Waals surface area contributed by atoms with Gasteiger partial charge < -0.3 is 34.6 Å². The second-order valence-electron chi connectivity index (χ2n) is 9.87. The van der Waals surface area contributed by atoms with E-state index >= 15 is 0 Å². The molecule has 9 nitrogen and oxygen atoms in total. The van der Waals surface area contributed by atoms with Gasteiger partial charge in [0, 0.05) is 49.2 Å². The Balaban J connectivity index is 1.23. The number of benzene rings is 1. The number of ether oxygens (including phenoxy) is 2. The molecule has 1 aliphatic carbocycles. The largest absolute Gasteiger partial charge is 0.495 e. The molecule has 0 atom stereocenters. The lowest BCUT2D eigenvalue weighted by molar-refractivity contribution is 0.0602. The van der Waals surface area contributed by atoms with Crippen LogP contribution in [-0.2, 0) is 9.30 Å². The van der Waals surface area contributed by atoms with Crippen molar-refractivity contribution in [1.82, 2.24) is 19.9 Å². The average molecular weight is 521 g/mol. The fraction of sp³-hybridized carbons (Fsp3) is 0.407. The van der Waals surface area contributed by atoms with Crippen molar-refractivity contribution in [3.8, 4) is 5.75 Å². The van der Waals surface area contributed by atoms with Crippen molar-refractivity contribution in [1.29, 1.82) is 0 Å². The first kappa shape index (κ1) is 24.1. The zero-order chi connectivity index (χ0) is 25.2. The minimum atomic E-state index is -2.83. The van der Waals surface area contributed by atoms with Crippen LogP contribution in [0.3, 0.4) is 0 Å². The predicted octanol–water partition coefficient (Wildman–Crippen LogP) is 5.49. The molecular weight excluding hydrogens is 487 g/mol. The maximum atomic E-state index is 13.8. The third-order valence-corrected chi connectivity index (χ3v) is 9.72. The van der Waals surface area contributed by atoms with E-state index in [0.717, 1.165) is 61.1 Å². The Hall–Kier alpha value is -3.29. The van der Waals surface area contributed by atoms with Crippen LogP contribution >= 0.6 is 7.14 Å². The molecule has 0 spiro atoms. The molecule has 2 aliphatic heterocycles. The van der Waals surface area contributed by atoms with Gasteiger partial charge in [-0.2, -0.15) is 9.97 Å². The molecule has 3 N–H and O–H groups in total. The summed E-state index contributed by atoms with van der Waals surface area (Å²) in [5.41, 5.74) is 1.48. The lowest BCUT2D eigenvalue weighted by Gasteiger charge is -2.33. The van der Waals surface area contributed by atoms with Gasteiger partial charge in [0.05, 0.1) is 18.2 Å². The Labute approximate surface area is 216 Å². The van der Waals surface area contributed by atoms with Gasteiger partial charge in [-0.25, -0.2) is 0 Å². The summed E-state index contributed by atoms with van der Waals surface area (Å²) in [6.07, 6.45) is 12.5. The molecule has 4 heterocycles. The number of anilines is 3. The van der Waals surface area contributed by atoms with Crippen LogP contribution in [0.4, 0.5) is 17.5 Å². The number of rotatable bonds is 7. The van der Waals surface area contributed by atoms with Crippen LogP contribution in [0, 0.1) is 0 Å². The van der Waals surface area contributed by atoms with E-state index < -0.39 is 7.14 Å². The van der Waals surface area contributed by atoms with Crippen LogP contribution in [0.25, 0.3) is 11.0 Å². The highest BCUT2D eigenvalue weighted by Crippen LogP contribution is 2.51. The van der Waals surface area contributed by atoms with Crippen LogP contribution < -0.4 is 20.7 Å². The van der Waals surface area contributed by atoms with E-state index in [2.05, 4.69) is 25.5 Å². The molecule has 0 bridgehead atoms. The third-order valence-electron chi connectivity index (χ3n) is 7.48. The normalized spacial score (nSPS) is 20.0. The first-order chi connectivity index (χ1) is 18.1. The van der Waals surface area contributed by atoms with E-state index in [0.29, 0.717) is 29.5 Å². The molecule has 2 aromatic heterocycles. The Morgan fingerprint density at radius 2 is 1.86 bits per heavy atom. The number of H-pyrrole nitrogens is 1. The number of nitrogens with one attached hydrogen (secondary N) is 3. The Morgan fingerprint density at radius 1 is 1.08 bits per heavy atom. The molecule has 10 heteroatoms. The number of hydrogen-bond acceptors (Lipinski definition) is 8. The summed E-state index contributed by atoms with van der Waals surface area (Å²) >= 11 is 0. The van der Waals surface area contributed by atoms with Crippen molar-refractivity contribution in [3.63, 3.8) is 0 Å². The van der Waals surface area contributed by atoms with E-state index in [4.69, 9.17) is 14.5 Å². The van der Waals surface area contributed by atoms with Crippen LogP contribution in [-0.4, -0.2) is 52.3 Å². The van der Waals surface area contributed by atoms with Gasteiger partial charge in [-0.15, -0.1) is 0 Å². The molecule has 0 amide bonds. The molecular formula is C27H33N6O3P. The quantitative estimate of drug-likeness (QED) is 0.352. The minimum absolute atomic E-state index is 0.390. The molecule has 3 aromatic rings. The molecule has 1 aromatic carbocycles. The number of nitrogens with zero attached hydrogens (tertiary/aromatic N) is 3. The summed E-state index contributed by atoms with van der Waals surface area (Å²) in [4.78, 5) is 14.8. The van der Waals surface area contributed by atoms with Crippen molar-refractivity contribution in [2.75, 3.05) is 31.0 Å². The Morgan fingerprint density at radius 3 is 2.62 bits per heavy atom. The standard InChI is InChI=1S/C27H33N6O3P/c1-35-24-18-21(37(34)16-12-33(13-17-37)20-9-14-36-15-10-20)6-7-23(24)30-27-31-25-22(8-11-28-25)26(32-27)29-19-4-2-3-5-19/h6-8,11-13,16-20H,2-5,9-10,14-15H2,1H3,(H3,28,29,30,31,32). The van der Waals surface area contributed by atoms with Crippen molar-refractivity contribution >= 4 is 40.9 Å². The monoisotopic (exact) mass is 520 g/mol. The molecule has 2 fully saturated rings. The van der Waals surface area contributed by atoms with Gasteiger partial charge in [0.25, 0.3) is 0 Å². The van der Waals surface area contributed by atoms with E-state index in [9.17, 15) is 4.57 Å². The first-order valence-corrected chi connectivity index (χ1v) is 14.9. The SMILES string of the molecule is COc1cc(P2(=O)C=CN(C3CCOCC3)C=C2)ccc1Nc1nc(NC2CCCC2)c2cc[nH]c2n1. The molecule has 1 saturated heterocycles. The van der Waals surface area contributed by atoms with E-state index in [1.807, 2.05) is 54.5 Å². The maximum Gasteiger partial charge on any atom is 0.231 e. The molecule has 37 heavy (non-hydrogen) atoms. The summed E-state index contributed by atoms with van der Waals surface area (Å²) in [6, 6.07) is 8.43. The number of aromatic amines is 1. The number of methoxy groups -OCH3 is 1. The second kappa shape index (κ2) is 10.2. The van der Waals surface area contributed by atoms with Gasteiger partial charge in [0.1, 0.15) is 17.2 Å². The fourth-order valence-electron chi connectivity index (χ4n) is 5.34. The van der Waals surface area contributed by atoms with E-state index in [-0.39, 0.29) is 0 Å². The molecule has 0 radical (unpaired) electrons. The van der Waals surface area contributed by atoms with Crippen LogP contribution in [0.2, 0.25) is 0 Å². The fourth-order valence-corrected chi connectivity index (χ4v) is 7.12. The molecule has 194 valence electrons. The number of fused-ring (bicyclic) bond motifs is 1. The zero-order valence-electron chi connectivity index (χ0n) is 21.0. The van der Waals surface area contributed by atoms with Gasteiger partial charge >= 0.3 is 0 Å². The van der Waals surface area contributed by atoms with Crippen LogP contribution in [0.1, 0.15) is 38.5 Å². The number of aromatic nitrogens is 3. The van der Waals surface area contributed by atoms with Crippen LogP contribution in [0.15, 0.2) is 54.5 Å². The summed E-state index contributed by atoms with van der Waals surface area (Å²) < 4.78 is 24.9. The highest BCUT2D eigenvalue weighted by Gasteiger charge is 2.26. The van der Waals surface area contributed by atoms with E-state index in [1.54, 1.807) is 7.11 Å². The topological polar surface area (TPSA) is 104 Å². The highest BCUT2D eigenvalue weighted by atomic mass is 31.2. The van der Waals surface area contributed by atoms with Gasteiger partial charge in [-0.1, -0.05) is 12.8 Å². The molecule has 6 rings (SSSR count). The predicted molar refractivity (Wildman–Crippen MR) is 147 cm³/mol. The summed E-state index contributed by atoms with van der Waals surface area (Å²) in [5.74, 6) is 5.54. The maximum absolute atomic E-state index is 13.8. The lowest BCUT2D eigenvalue weighted by atomic mass is 10.1. The second-order valence-corrected chi connectivity index (χ2v) is 12.4. The average Bonchev–Trinajstić information content (AvgIpc) is 3.62. The third kappa shape index (κ3) is 4.98. The van der Waals surface area contributed by atoms with Gasteiger partial charge in [-0.05, 0) is 61.6 Å². The van der Waals surface area contributed by atoms with Crippen LogP contribution in [0.5, 0.6) is 5.75 Å². The van der Waals surface area contributed by atoms with E-state index in [1.165, 1.54) is 12.8 Å². The van der Waals surface area contributed by atoms with Crippen molar-refractivity contribution in [3.05, 3.63) is 54.5 Å². The summed E-state index contributed by atoms with van der Waals surface area (Å²) in [6.45, 7) is 1.54. The van der Waals surface area contributed by atoms with Gasteiger partial charge in [0.15, 0.2) is 7.14 Å². The summed E-state index contributed by atoms with van der Waals surface area (Å²) in [5, 5.41) is 8.61. The number of hydrogen-bond donors (Lipinski definition) is 3. The first-order valence-electron chi connectivity index (χ1n) is 13.0. The molecule has 1 saturated carbocycles. The Kier molecular flexibility index (Phi) is 6.65. The van der Waals surface area contributed by atoms with Crippen molar-refractivity contribution in [2.45, 2.75) is 50.6 Å². The van der Waals surface area contributed by atoms with Gasteiger partial charge in [-0.3, -0.25) is 0 Å². The van der Waals surface area contributed by atoms with Crippen molar-refractivity contribution < 1.29 is 14.0 Å². The molecule has 3 aliphatic rings. The minimum Gasteiger partial charge on any atom is -0.495 e. The van der Waals surface area contributed by atoms with Crippen molar-refractivity contribution in [2.24, 2.45) is 0 Å². The smallest absolute Gasteiger partial charge is 0.231 e. The van der Waals surface area contributed by atoms with Gasteiger partial charge in [0.2, 0.25) is 5.95 Å². The summed E-state index contributed by atoms with van der Waals surface area (Å²) in [7, 11) is -1.22. The molecule has 0 unspecified atom stereocenters. The Bertz CT molecular complexity index is 1360. The lowest BCUT2D eigenvalue weighted by Crippen LogP contribution is -2.33. The zero-order valence-corrected chi connectivity index (χ0v) is 21.9. The highest BCUT2D eigenvalue weighted by molar-refractivity contribution is 7.77.